The number of hydrogen-bond acceptors (Lipinski definition) is 4. The Balaban J connectivity index is 1.63. The summed E-state index contributed by atoms with van der Waals surface area (Å²) in [7, 11) is 1.77. The van der Waals surface area contributed by atoms with Gasteiger partial charge in [-0.3, -0.25) is 0 Å². The summed E-state index contributed by atoms with van der Waals surface area (Å²) in [4.78, 5) is 11.9. The predicted molar refractivity (Wildman–Crippen MR) is 208 cm³/mol. The molecule has 2 aromatic carbocycles. The first kappa shape index (κ1) is 40.2. The highest BCUT2D eigenvalue weighted by molar-refractivity contribution is 5.87. The molecule has 1 aliphatic rings. The molecule has 0 saturated heterocycles. The summed E-state index contributed by atoms with van der Waals surface area (Å²) in [6, 6.07) is 16.2. The largest absolute Gasteiger partial charge is 0.462 e. The summed E-state index contributed by atoms with van der Waals surface area (Å²) in [6.45, 7) is 15.4. The fourth-order valence-corrected chi connectivity index (χ4v) is 7.42. The number of carbonyl (C=O) groups is 1. The molecule has 1 N–H and O–H groups in total. The molecule has 0 spiro atoms. The maximum atomic E-state index is 11.9. The van der Waals surface area contributed by atoms with Gasteiger partial charge in [-0.15, -0.1) is 0 Å². The second kappa shape index (κ2) is 22.5. The first-order valence-electron chi connectivity index (χ1n) is 19.1. The van der Waals surface area contributed by atoms with E-state index in [1.165, 1.54) is 83.9 Å². The maximum Gasteiger partial charge on any atom is 0.335 e. The maximum absolute atomic E-state index is 11.9. The lowest BCUT2D eigenvalue weighted by atomic mass is 9.70. The number of unbranched alkanes of at least 4 members (excludes halogenated alkanes) is 2. The van der Waals surface area contributed by atoms with E-state index in [1.807, 2.05) is 0 Å². The zero-order valence-electron chi connectivity index (χ0n) is 31.1. The first-order chi connectivity index (χ1) is 23.8. The van der Waals surface area contributed by atoms with Crippen molar-refractivity contribution in [2.45, 2.75) is 117 Å². The van der Waals surface area contributed by atoms with E-state index in [9.17, 15) is 4.79 Å². The fourth-order valence-electron chi connectivity index (χ4n) is 7.42. The Morgan fingerprint density at radius 2 is 1.59 bits per heavy atom. The molecule has 4 nitrogen and oxygen atoms in total. The van der Waals surface area contributed by atoms with Gasteiger partial charge in [0, 0.05) is 13.7 Å². The van der Waals surface area contributed by atoms with E-state index in [2.05, 4.69) is 94.6 Å². The second-order valence-electron chi connectivity index (χ2n) is 13.9. The normalized spacial score (nSPS) is 17.3. The lowest BCUT2D eigenvalue weighted by Gasteiger charge is -2.35. The zero-order chi connectivity index (χ0) is 35.4. The van der Waals surface area contributed by atoms with Crippen LogP contribution in [0.4, 0.5) is 0 Å². The van der Waals surface area contributed by atoms with E-state index >= 15 is 0 Å². The molecule has 0 radical (unpaired) electrons. The van der Waals surface area contributed by atoms with Crippen LogP contribution < -0.4 is 0 Å². The number of carbonyl (C=O) groups excluding carboxylic acids is 1. The second-order valence-corrected chi connectivity index (χ2v) is 13.9. The van der Waals surface area contributed by atoms with Gasteiger partial charge in [-0.2, -0.15) is 0 Å². The van der Waals surface area contributed by atoms with Gasteiger partial charge < -0.3 is 14.6 Å². The van der Waals surface area contributed by atoms with Crippen molar-refractivity contribution >= 4 is 11.5 Å². The molecule has 0 aromatic heterocycles. The number of esters is 1. The molecule has 0 aliphatic heterocycles. The van der Waals surface area contributed by atoms with Crippen molar-refractivity contribution in [3.05, 3.63) is 102 Å². The smallest absolute Gasteiger partial charge is 0.335 e. The summed E-state index contributed by atoms with van der Waals surface area (Å²) in [5.41, 5.74) is 9.41. The molecule has 0 amide bonds. The van der Waals surface area contributed by atoms with Crippen LogP contribution in [0.1, 0.15) is 127 Å². The van der Waals surface area contributed by atoms with Gasteiger partial charge in [0.15, 0.2) is 0 Å². The Bertz CT molecular complexity index is 1360. The molecular formula is C45H64O4. The molecule has 0 heterocycles. The molecule has 1 aliphatic carbocycles. The number of aliphatic hydroxyl groups excluding tert-OH is 1. The van der Waals surface area contributed by atoms with Gasteiger partial charge in [0.25, 0.3) is 0 Å². The Labute approximate surface area is 298 Å². The highest BCUT2D eigenvalue weighted by Crippen LogP contribution is 2.43. The SMILES string of the molecule is C=C(/C=C\C(=C\CC)c1ccc(-c2ccc(C3CCC(C(CCCOC)CCCOC(=O)C(=C)CO)CC3)c(CC)c2)cc1)CCCCC. The van der Waals surface area contributed by atoms with E-state index in [0.717, 1.165) is 51.6 Å². The Morgan fingerprint density at radius 3 is 2.22 bits per heavy atom. The van der Waals surface area contributed by atoms with Crippen molar-refractivity contribution in [3.63, 3.8) is 0 Å². The molecular weight excluding hydrogens is 604 g/mol. The molecule has 49 heavy (non-hydrogen) atoms. The van der Waals surface area contributed by atoms with E-state index in [4.69, 9.17) is 14.6 Å². The van der Waals surface area contributed by atoms with Crippen molar-refractivity contribution in [1.82, 2.24) is 0 Å². The number of hydrogen-bond donors (Lipinski definition) is 1. The van der Waals surface area contributed by atoms with Gasteiger partial charge in [0.05, 0.1) is 18.8 Å². The zero-order valence-corrected chi connectivity index (χ0v) is 31.1. The molecule has 1 atom stereocenters. The van der Waals surface area contributed by atoms with Gasteiger partial charge in [-0.1, -0.05) is 113 Å². The highest BCUT2D eigenvalue weighted by Gasteiger charge is 2.29. The van der Waals surface area contributed by atoms with Crippen LogP contribution in [-0.2, 0) is 20.7 Å². The number of rotatable bonds is 22. The fraction of sp³-hybridized carbons (Fsp3) is 0.533. The van der Waals surface area contributed by atoms with Crippen LogP contribution in [0.25, 0.3) is 16.7 Å². The minimum absolute atomic E-state index is 0.115. The van der Waals surface area contributed by atoms with Crippen molar-refractivity contribution in [1.29, 1.82) is 0 Å². The number of allylic oxidation sites excluding steroid dienone is 5. The van der Waals surface area contributed by atoms with Crippen molar-refractivity contribution in [3.8, 4) is 11.1 Å². The van der Waals surface area contributed by atoms with Crippen molar-refractivity contribution < 1.29 is 19.4 Å². The molecule has 1 unspecified atom stereocenters. The van der Waals surface area contributed by atoms with E-state index in [-0.39, 0.29) is 12.2 Å². The van der Waals surface area contributed by atoms with E-state index in [0.29, 0.717) is 24.4 Å². The Morgan fingerprint density at radius 1 is 0.898 bits per heavy atom. The highest BCUT2D eigenvalue weighted by atomic mass is 16.5. The summed E-state index contributed by atoms with van der Waals surface area (Å²) in [5.74, 6) is 1.42. The third-order valence-corrected chi connectivity index (χ3v) is 10.3. The van der Waals surface area contributed by atoms with Crippen LogP contribution in [0.2, 0.25) is 0 Å². The van der Waals surface area contributed by atoms with Gasteiger partial charge in [0.1, 0.15) is 0 Å². The molecule has 4 heteroatoms. The average Bonchev–Trinajstić information content (AvgIpc) is 3.14. The summed E-state index contributed by atoms with van der Waals surface area (Å²) >= 11 is 0. The minimum atomic E-state index is -0.491. The van der Waals surface area contributed by atoms with Gasteiger partial charge in [-0.05, 0) is 128 Å². The third kappa shape index (κ3) is 13.2. The van der Waals surface area contributed by atoms with Crippen LogP contribution >= 0.6 is 0 Å². The lowest BCUT2D eigenvalue weighted by Crippen LogP contribution is -2.23. The van der Waals surface area contributed by atoms with Crippen LogP contribution in [-0.4, -0.2) is 38.0 Å². The van der Waals surface area contributed by atoms with E-state index < -0.39 is 5.97 Å². The van der Waals surface area contributed by atoms with Crippen LogP contribution in [0, 0.1) is 11.8 Å². The quantitative estimate of drug-likeness (QED) is 0.0587. The number of benzene rings is 2. The average molecular weight is 669 g/mol. The number of aliphatic hydroxyl groups is 1. The van der Waals surface area contributed by atoms with Crippen LogP contribution in [0.3, 0.4) is 0 Å². The standard InChI is InChI=1S/C45H64O4/c1-7-10-11-15-34(4)18-19-37(14-8-2)39-20-22-41(23-21-39)43-28-29-44(36(9-3)32-43)42-26-24-40(25-27-42)38(16-12-30-48-6)17-13-31-49-45(47)35(5)33-46/h14,18-23,28-29,32,38,40,42,46H,4-5,7-13,15-17,24-27,30-31,33H2,1-3,6H3/b19-18-,37-14-. The summed E-state index contributed by atoms with van der Waals surface area (Å²) < 4.78 is 10.7. The molecule has 2 aromatic rings. The molecule has 1 saturated carbocycles. The first-order valence-corrected chi connectivity index (χ1v) is 19.1. The van der Waals surface area contributed by atoms with Gasteiger partial charge in [0.2, 0.25) is 0 Å². The van der Waals surface area contributed by atoms with Crippen molar-refractivity contribution in [2.24, 2.45) is 11.8 Å². The van der Waals surface area contributed by atoms with Crippen LogP contribution in [0.15, 0.2) is 85.0 Å². The number of aryl methyl sites for hydroxylation is 1. The topological polar surface area (TPSA) is 55.8 Å². The third-order valence-electron chi connectivity index (χ3n) is 10.3. The summed E-state index contributed by atoms with van der Waals surface area (Å²) in [5, 5.41) is 9.12. The number of ether oxygens (including phenoxy) is 2. The van der Waals surface area contributed by atoms with Gasteiger partial charge >= 0.3 is 5.97 Å². The van der Waals surface area contributed by atoms with E-state index in [1.54, 1.807) is 7.11 Å². The van der Waals surface area contributed by atoms with Crippen molar-refractivity contribution in [2.75, 3.05) is 26.9 Å². The molecule has 1 fully saturated rings. The van der Waals surface area contributed by atoms with Gasteiger partial charge in [-0.25, -0.2) is 4.79 Å². The minimum Gasteiger partial charge on any atom is -0.462 e. The summed E-state index contributed by atoms with van der Waals surface area (Å²) in [6.07, 6.45) is 22.6. The molecule has 3 rings (SSSR count). The lowest BCUT2D eigenvalue weighted by molar-refractivity contribution is -0.139. The Hall–Kier alpha value is -3.21. The Kier molecular flexibility index (Phi) is 18.5. The van der Waals surface area contributed by atoms with Crippen LogP contribution in [0.5, 0.6) is 0 Å². The number of methoxy groups -OCH3 is 1. The predicted octanol–water partition coefficient (Wildman–Crippen LogP) is 11.6. The monoisotopic (exact) mass is 668 g/mol. The molecule has 0 bridgehead atoms. The molecule has 268 valence electrons.